The van der Waals surface area contributed by atoms with Gasteiger partial charge in [-0.15, -0.1) is 0 Å². The summed E-state index contributed by atoms with van der Waals surface area (Å²) in [5, 5.41) is 10.5. The number of aryl methyl sites for hydroxylation is 1. The van der Waals surface area contributed by atoms with Gasteiger partial charge in [0.2, 0.25) is 0 Å². The number of fused-ring (bicyclic) bond motifs is 1. The zero-order chi connectivity index (χ0) is 14.3. The van der Waals surface area contributed by atoms with Crippen LogP contribution in [0, 0.1) is 18.8 Å². The van der Waals surface area contributed by atoms with Crippen LogP contribution in [0.2, 0.25) is 0 Å². The van der Waals surface area contributed by atoms with E-state index >= 15 is 0 Å². The van der Waals surface area contributed by atoms with E-state index < -0.39 is 6.10 Å². The van der Waals surface area contributed by atoms with E-state index in [0.29, 0.717) is 18.4 Å². The monoisotopic (exact) mass is 275 g/mol. The summed E-state index contributed by atoms with van der Waals surface area (Å²) in [4.78, 5) is 2.46. The Morgan fingerprint density at radius 1 is 1.20 bits per heavy atom. The second-order valence-corrected chi connectivity index (χ2v) is 6.76. The molecular formula is C17H25NO2. The molecule has 2 aliphatic heterocycles. The lowest BCUT2D eigenvalue weighted by Gasteiger charge is -2.44. The van der Waals surface area contributed by atoms with Crippen LogP contribution in [0.25, 0.3) is 0 Å². The molecule has 1 fully saturated rings. The van der Waals surface area contributed by atoms with Gasteiger partial charge >= 0.3 is 0 Å². The number of benzene rings is 1. The predicted molar refractivity (Wildman–Crippen MR) is 79.9 cm³/mol. The summed E-state index contributed by atoms with van der Waals surface area (Å²) in [5.74, 6) is 2.33. The Balaban J connectivity index is 1.94. The highest BCUT2D eigenvalue weighted by Crippen LogP contribution is 2.39. The Bertz CT molecular complexity index is 478. The highest BCUT2D eigenvalue weighted by atomic mass is 16.5. The Hall–Kier alpha value is -1.06. The predicted octanol–water partition coefficient (Wildman–Crippen LogP) is 2.77. The van der Waals surface area contributed by atoms with E-state index in [1.807, 2.05) is 6.07 Å². The lowest BCUT2D eigenvalue weighted by atomic mass is 9.87. The molecule has 0 spiro atoms. The van der Waals surface area contributed by atoms with Gasteiger partial charge in [-0.3, -0.25) is 4.90 Å². The van der Waals surface area contributed by atoms with Crippen LogP contribution in [0.1, 0.15) is 37.4 Å². The third-order valence-electron chi connectivity index (χ3n) is 4.55. The van der Waals surface area contributed by atoms with E-state index in [4.69, 9.17) is 4.74 Å². The first kappa shape index (κ1) is 13.9. The Labute approximate surface area is 121 Å². The molecular weight excluding hydrogens is 250 g/mol. The average molecular weight is 275 g/mol. The molecule has 0 amide bonds. The van der Waals surface area contributed by atoms with E-state index in [2.05, 4.69) is 37.8 Å². The number of nitrogens with zero attached hydrogens (tertiary/aromatic N) is 1. The highest BCUT2D eigenvalue weighted by molar-refractivity contribution is 5.41. The van der Waals surface area contributed by atoms with Crippen molar-refractivity contribution in [2.45, 2.75) is 39.3 Å². The number of rotatable bonds is 1. The molecule has 1 N–H and O–H groups in total. The van der Waals surface area contributed by atoms with Gasteiger partial charge in [-0.25, -0.2) is 0 Å². The molecule has 2 aliphatic rings. The lowest BCUT2D eigenvalue weighted by Crippen LogP contribution is -2.48. The van der Waals surface area contributed by atoms with E-state index in [-0.39, 0.29) is 6.04 Å². The van der Waals surface area contributed by atoms with Gasteiger partial charge in [-0.2, -0.15) is 0 Å². The fraction of sp³-hybridized carbons (Fsp3) is 0.647. The highest BCUT2D eigenvalue weighted by Gasteiger charge is 2.37. The smallest absolute Gasteiger partial charge is 0.124 e. The minimum Gasteiger partial charge on any atom is -0.490 e. The number of ether oxygens (including phenoxy) is 1. The molecule has 2 heterocycles. The maximum absolute atomic E-state index is 10.5. The average Bonchev–Trinajstić information content (AvgIpc) is 2.37. The van der Waals surface area contributed by atoms with Crippen molar-refractivity contribution in [3.63, 3.8) is 0 Å². The van der Waals surface area contributed by atoms with E-state index in [9.17, 15) is 5.11 Å². The van der Waals surface area contributed by atoms with Gasteiger partial charge in [0.05, 0.1) is 6.04 Å². The van der Waals surface area contributed by atoms with Crippen molar-refractivity contribution in [1.29, 1.82) is 0 Å². The summed E-state index contributed by atoms with van der Waals surface area (Å²) in [6.07, 6.45) is 0.859. The van der Waals surface area contributed by atoms with Crippen LogP contribution in [0.15, 0.2) is 18.2 Å². The molecule has 1 aromatic carbocycles. The molecule has 4 unspecified atom stereocenters. The molecule has 3 nitrogen and oxygen atoms in total. The van der Waals surface area contributed by atoms with Gasteiger partial charge < -0.3 is 9.84 Å². The van der Waals surface area contributed by atoms with Gasteiger partial charge in [0.25, 0.3) is 0 Å². The summed E-state index contributed by atoms with van der Waals surface area (Å²) in [7, 11) is 0. The first-order valence-corrected chi connectivity index (χ1v) is 7.70. The minimum atomic E-state index is -0.429. The van der Waals surface area contributed by atoms with Crippen LogP contribution in [0.4, 0.5) is 0 Å². The number of aliphatic hydroxyl groups is 1. The third kappa shape index (κ3) is 2.57. The van der Waals surface area contributed by atoms with E-state index in [0.717, 1.165) is 24.4 Å². The summed E-state index contributed by atoms with van der Waals surface area (Å²) in [6, 6.07) is 6.38. The van der Waals surface area contributed by atoms with Crippen molar-refractivity contribution >= 4 is 0 Å². The Morgan fingerprint density at radius 3 is 2.60 bits per heavy atom. The molecule has 20 heavy (non-hydrogen) atoms. The lowest BCUT2D eigenvalue weighted by molar-refractivity contribution is -0.0230. The molecule has 1 aromatic rings. The number of aliphatic hydroxyl groups excluding tert-OH is 1. The second kappa shape index (κ2) is 5.38. The molecule has 4 atom stereocenters. The Morgan fingerprint density at radius 2 is 1.90 bits per heavy atom. The third-order valence-corrected chi connectivity index (χ3v) is 4.55. The zero-order valence-electron chi connectivity index (χ0n) is 12.7. The fourth-order valence-electron chi connectivity index (χ4n) is 3.88. The summed E-state index contributed by atoms with van der Waals surface area (Å²) in [6.45, 7) is 9.26. The maximum Gasteiger partial charge on any atom is 0.124 e. The standard InChI is InChI=1S/C17H25NO2/c1-11-4-5-16-14(7-11)17(15(19)10-20-16)18-8-12(2)6-13(3)9-18/h4-5,7,12-13,15,17,19H,6,8-10H2,1-3H3. The molecule has 1 saturated heterocycles. The topological polar surface area (TPSA) is 32.7 Å². The minimum absolute atomic E-state index is 0.0869. The SMILES string of the molecule is Cc1ccc2c(c1)C(N1CC(C)CC(C)C1)C(O)CO2. The van der Waals surface area contributed by atoms with Crippen molar-refractivity contribution in [2.75, 3.05) is 19.7 Å². The largest absolute Gasteiger partial charge is 0.490 e. The van der Waals surface area contributed by atoms with Crippen molar-refractivity contribution in [3.05, 3.63) is 29.3 Å². The van der Waals surface area contributed by atoms with Gasteiger partial charge in [0.1, 0.15) is 18.5 Å². The molecule has 0 aliphatic carbocycles. The molecule has 3 heteroatoms. The van der Waals surface area contributed by atoms with E-state index in [1.54, 1.807) is 0 Å². The van der Waals surface area contributed by atoms with Gasteiger partial charge in [-0.1, -0.05) is 31.5 Å². The first-order valence-electron chi connectivity index (χ1n) is 7.70. The molecule has 0 radical (unpaired) electrons. The van der Waals surface area contributed by atoms with Crippen molar-refractivity contribution in [3.8, 4) is 5.75 Å². The molecule has 0 aromatic heterocycles. The van der Waals surface area contributed by atoms with Crippen LogP contribution in [-0.2, 0) is 0 Å². The number of hydrogen-bond donors (Lipinski definition) is 1. The maximum atomic E-state index is 10.5. The zero-order valence-corrected chi connectivity index (χ0v) is 12.7. The Kier molecular flexibility index (Phi) is 3.74. The van der Waals surface area contributed by atoms with Gasteiger partial charge in [0, 0.05) is 18.7 Å². The molecule has 110 valence electrons. The van der Waals surface area contributed by atoms with Crippen LogP contribution < -0.4 is 4.74 Å². The number of piperidine rings is 1. The van der Waals surface area contributed by atoms with Crippen molar-refractivity contribution in [2.24, 2.45) is 11.8 Å². The van der Waals surface area contributed by atoms with Crippen LogP contribution >= 0.6 is 0 Å². The summed E-state index contributed by atoms with van der Waals surface area (Å²) < 4.78 is 5.69. The van der Waals surface area contributed by atoms with Crippen molar-refractivity contribution in [1.82, 2.24) is 4.90 Å². The molecule has 3 rings (SSSR count). The number of likely N-dealkylation sites (tertiary alicyclic amines) is 1. The van der Waals surface area contributed by atoms with Crippen LogP contribution in [0.3, 0.4) is 0 Å². The first-order chi connectivity index (χ1) is 9.54. The second-order valence-electron chi connectivity index (χ2n) is 6.76. The van der Waals surface area contributed by atoms with Gasteiger partial charge in [0.15, 0.2) is 0 Å². The van der Waals surface area contributed by atoms with E-state index in [1.165, 1.54) is 12.0 Å². The molecule has 0 saturated carbocycles. The van der Waals surface area contributed by atoms with Crippen molar-refractivity contribution < 1.29 is 9.84 Å². The van der Waals surface area contributed by atoms with Crippen LogP contribution in [0.5, 0.6) is 5.75 Å². The summed E-state index contributed by atoms with van der Waals surface area (Å²) in [5.41, 5.74) is 2.38. The number of hydrogen-bond acceptors (Lipinski definition) is 3. The quantitative estimate of drug-likeness (QED) is 0.855. The normalized spacial score (nSPS) is 34.4. The summed E-state index contributed by atoms with van der Waals surface area (Å²) >= 11 is 0. The molecule has 0 bridgehead atoms. The fourth-order valence-corrected chi connectivity index (χ4v) is 3.88. The van der Waals surface area contributed by atoms with Gasteiger partial charge in [-0.05, 0) is 31.2 Å². The van der Waals surface area contributed by atoms with Crippen LogP contribution in [-0.4, -0.2) is 35.8 Å².